The quantitative estimate of drug-likeness (QED) is 0.725. The van der Waals surface area contributed by atoms with E-state index in [2.05, 4.69) is 25.3 Å². The van der Waals surface area contributed by atoms with Crippen LogP contribution in [-0.4, -0.2) is 67.7 Å². The van der Waals surface area contributed by atoms with E-state index in [0.717, 1.165) is 24.4 Å². The SMILES string of the molecule is CC.CN(C)Cn1cncn1.CN(C)Cn1nnc2ccccc21. The van der Waals surface area contributed by atoms with E-state index in [-0.39, 0.29) is 0 Å². The molecule has 132 valence electrons. The van der Waals surface area contributed by atoms with Gasteiger partial charge in [0.15, 0.2) is 0 Å². The average molecular weight is 332 g/mol. The van der Waals surface area contributed by atoms with Gasteiger partial charge in [0.2, 0.25) is 0 Å². The minimum atomic E-state index is 0.764. The molecule has 0 radical (unpaired) electrons. The van der Waals surface area contributed by atoms with Gasteiger partial charge in [-0.2, -0.15) is 5.10 Å². The minimum absolute atomic E-state index is 0.764. The molecule has 0 aliphatic rings. The van der Waals surface area contributed by atoms with Crippen LogP contribution < -0.4 is 0 Å². The summed E-state index contributed by atoms with van der Waals surface area (Å²) < 4.78 is 3.65. The smallest absolute Gasteiger partial charge is 0.137 e. The van der Waals surface area contributed by atoms with Gasteiger partial charge in [-0.3, -0.25) is 9.80 Å². The van der Waals surface area contributed by atoms with Crippen molar-refractivity contribution in [2.75, 3.05) is 28.2 Å². The molecular weight excluding hydrogens is 304 g/mol. The summed E-state index contributed by atoms with van der Waals surface area (Å²) in [7, 11) is 8.00. The molecule has 3 aromatic rings. The van der Waals surface area contributed by atoms with E-state index in [1.165, 1.54) is 6.33 Å². The molecule has 0 saturated carbocycles. The van der Waals surface area contributed by atoms with Crippen molar-refractivity contribution >= 4 is 11.0 Å². The van der Waals surface area contributed by atoms with Crippen LogP contribution in [0.4, 0.5) is 0 Å². The van der Waals surface area contributed by atoms with E-state index in [0.29, 0.717) is 0 Å². The van der Waals surface area contributed by atoms with Gasteiger partial charge in [-0.15, -0.1) is 5.10 Å². The van der Waals surface area contributed by atoms with Gasteiger partial charge in [0.25, 0.3) is 0 Å². The molecule has 0 aliphatic carbocycles. The Morgan fingerprint density at radius 1 is 0.958 bits per heavy atom. The molecule has 1 aromatic carbocycles. The van der Waals surface area contributed by atoms with Gasteiger partial charge in [-0.25, -0.2) is 14.3 Å². The maximum atomic E-state index is 4.06. The van der Waals surface area contributed by atoms with E-state index in [1.54, 1.807) is 11.0 Å². The summed E-state index contributed by atoms with van der Waals surface area (Å²) in [6.45, 7) is 5.56. The molecule has 0 bridgehead atoms. The van der Waals surface area contributed by atoms with Crippen LogP contribution in [0.3, 0.4) is 0 Å². The number of hydrogen-bond acceptors (Lipinski definition) is 6. The molecule has 0 N–H and O–H groups in total. The summed E-state index contributed by atoms with van der Waals surface area (Å²) in [6, 6.07) is 7.96. The Bertz CT molecular complexity index is 672. The Balaban J connectivity index is 0.000000230. The first-order valence-electron chi connectivity index (χ1n) is 7.96. The second-order valence-corrected chi connectivity index (χ2v) is 5.45. The summed E-state index contributed by atoms with van der Waals surface area (Å²) in [6.07, 6.45) is 3.23. The first-order chi connectivity index (χ1) is 11.6. The monoisotopic (exact) mass is 332 g/mol. The van der Waals surface area contributed by atoms with Crippen LogP contribution in [0.2, 0.25) is 0 Å². The summed E-state index contributed by atoms with van der Waals surface area (Å²) in [5.74, 6) is 0. The minimum Gasteiger partial charge on any atom is -0.291 e. The molecule has 0 unspecified atom stereocenters. The fourth-order valence-electron chi connectivity index (χ4n) is 1.89. The zero-order valence-corrected chi connectivity index (χ0v) is 15.5. The summed E-state index contributed by atoms with van der Waals surface area (Å²) in [5, 5.41) is 12.0. The highest BCUT2D eigenvalue weighted by molar-refractivity contribution is 5.73. The highest BCUT2D eigenvalue weighted by Crippen LogP contribution is 2.09. The Hall–Kier alpha value is -2.32. The van der Waals surface area contributed by atoms with Crippen molar-refractivity contribution in [1.29, 1.82) is 0 Å². The van der Waals surface area contributed by atoms with E-state index in [1.807, 2.05) is 75.9 Å². The predicted molar refractivity (Wildman–Crippen MR) is 96.3 cm³/mol. The van der Waals surface area contributed by atoms with Crippen LogP contribution >= 0.6 is 0 Å². The van der Waals surface area contributed by atoms with Gasteiger partial charge in [0, 0.05) is 0 Å². The summed E-state index contributed by atoms with van der Waals surface area (Å²) in [5.41, 5.74) is 2.03. The predicted octanol–water partition coefficient (Wildman–Crippen LogP) is 1.77. The second-order valence-electron chi connectivity index (χ2n) is 5.45. The van der Waals surface area contributed by atoms with Crippen molar-refractivity contribution in [3.05, 3.63) is 36.9 Å². The van der Waals surface area contributed by atoms with Crippen LogP contribution in [-0.2, 0) is 13.3 Å². The Morgan fingerprint density at radius 3 is 2.21 bits per heavy atom. The van der Waals surface area contributed by atoms with Gasteiger partial charge in [-0.05, 0) is 40.3 Å². The first kappa shape index (κ1) is 19.7. The van der Waals surface area contributed by atoms with Crippen LogP contribution in [0.5, 0.6) is 0 Å². The van der Waals surface area contributed by atoms with Crippen molar-refractivity contribution in [1.82, 2.24) is 39.6 Å². The van der Waals surface area contributed by atoms with Gasteiger partial charge < -0.3 is 0 Å². The van der Waals surface area contributed by atoms with Crippen molar-refractivity contribution in [2.45, 2.75) is 27.2 Å². The number of aromatic nitrogens is 6. The number of hydrogen-bond donors (Lipinski definition) is 0. The van der Waals surface area contributed by atoms with Gasteiger partial charge in [0.05, 0.1) is 18.9 Å². The molecule has 3 rings (SSSR count). The summed E-state index contributed by atoms with van der Waals surface area (Å²) in [4.78, 5) is 7.88. The number of rotatable bonds is 4. The Kier molecular flexibility index (Phi) is 8.59. The van der Waals surface area contributed by atoms with Crippen LogP contribution in [0.1, 0.15) is 13.8 Å². The fourth-order valence-corrected chi connectivity index (χ4v) is 1.89. The highest BCUT2D eigenvalue weighted by atomic mass is 15.5. The normalized spacial score (nSPS) is 10.3. The molecule has 0 atom stereocenters. The lowest BCUT2D eigenvalue weighted by molar-refractivity contribution is 0.306. The number of nitrogens with zero attached hydrogens (tertiary/aromatic N) is 8. The molecule has 2 heterocycles. The maximum Gasteiger partial charge on any atom is 0.137 e. The zero-order chi connectivity index (χ0) is 17.9. The van der Waals surface area contributed by atoms with Gasteiger partial charge in [0.1, 0.15) is 18.2 Å². The standard InChI is InChI=1S/C9H12N4.C5H10N4.C2H6/c1-12(2)7-13-9-6-4-3-5-8(9)10-11-13;1-8(2)5-9-4-6-3-7-9;1-2/h3-6H,7H2,1-2H3;3-4H,5H2,1-2H3;1-2H3. The van der Waals surface area contributed by atoms with Gasteiger partial charge >= 0.3 is 0 Å². The lowest BCUT2D eigenvalue weighted by Crippen LogP contribution is -2.17. The van der Waals surface area contributed by atoms with E-state index >= 15 is 0 Å². The van der Waals surface area contributed by atoms with Crippen LogP contribution in [0.15, 0.2) is 36.9 Å². The maximum absolute atomic E-state index is 4.06. The fraction of sp³-hybridized carbons (Fsp3) is 0.500. The van der Waals surface area contributed by atoms with Crippen LogP contribution in [0.25, 0.3) is 11.0 Å². The zero-order valence-electron chi connectivity index (χ0n) is 15.5. The lowest BCUT2D eigenvalue weighted by atomic mass is 10.3. The van der Waals surface area contributed by atoms with Crippen LogP contribution in [0, 0.1) is 0 Å². The molecule has 8 nitrogen and oxygen atoms in total. The van der Waals surface area contributed by atoms with Crippen molar-refractivity contribution in [3.8, 4) is 0 Å². The second kappa shape index (κ2) is 10.5. The molecule has 0 saturated heterocycles. The van der Waals surface area contributed by atoms with Crippen molar-refractivity contribution < 1.29 is 0 Å². The number of fused-ring (bicyclic) bond motifs is 1. The van der Waals surface area contributed by atoms with E-state index in [9.17, 15) is 0 Å². The summed E-state index contributed by atoms with van der Waals surface area (Å²) >= 11 is 0. The highest BCUT2D eigenvalue weighted by Gasteiger charge is 2.02. The van der Waals surface area contributed by atoms with Crippen molar-refractivity contribution in [3.63, 3.8) is 0 Å². The number of para-hydroxylation sites is 1. The van der Waals surface area contributed by atoms with E-state index < -0.39 is 0 Å². The third-order valence-corrected chi connectivity index (χ3v) is 2.73. The van der Waals surface area contributed by atoms with Gasteiger partial charge in [-0.1, -0.05) is 31.2 Å². The molecule has 24 heavy (non-hydrogen) atoms. The largest absolute Gasteiger partial charge is 0.291 e. The molecule has 0 aliphatic heterocycles. The third-order valence-electron chi connectivity index (χ3n) is 2.73. The third kappa shape index (κ3) is 6.43. The topological polar surface area (TPSA) is 67.9 Å². The average Bonchev–Trinajstić information content (AvgIpc) is 3.20. The lowest BCUT2D eigenvalue weighted by Gasteiger charge is -2.08. The molecule has 0 amide bonds. The molecule has 0 fully saturated rings. The first-order valence-corrected chi connectivity index (χ1v) is 7.96. The van der Waals surface area contributed by atoms with Crippen molar-refractivity contribution in [2.24, 2.45) is 0 Å². The molecule has 2 aromatic heterocycles. The Labute approximate surface area is 143 Å². The number of benzene rings is 1. The Morgan fingerprint density at radius 2 is 1.62 bits per heavy atom. The molecular formula is C16H28N8. The molecule has 8 heteroatoms. The molecule has 0 spiro atoms. The van der Waals surface area contributed by atoms with E-state index in [4.69, 9.17) is 0 Å².